The Morgan fingerprint density at radius 2 is 2.05 bits per heavy atom. The van der Waals surface area contributed by atoms with Crippen molar-refractivity contribution in [1.82, 2.24) is 14.6 Å². The summed E-state index contributed by atoms with van der Waals surface area (Å²) in [4.78, 5) is 4.67. The molecule has 3 nitrogen and oxygen atoms in total. The van der Waals surface area contributed by atoms with Crippen LogP contribution in [0.2, 0.25) is 10.2 Å². The number of benzene rings is 1. The van der Waals surface area contributed by atoms with E-state index in [-0.39, 0.29) is 0 Å². The van der Waals surface area contributed by atoms with E-state index in [1.807, 2.05) is 37.4 Å². The fraction of sp³-hybridized carbons (Fsp3) is 0.250. The van der Waals surface area contributed by atoms with Crippen LogP contribution in [-0.2, 0) is 12.8 Å². The SMILES string of the molecule is CCc1cnn2c(Cl)c(Cc3cccc(Cl)c3)c(C)nc12. The maximum absolute atomic E-state index is 6.53. The Kier molecular flexibility index (Phi) is 3.87. The number of fused-ring (bicyclic) bond motifs is 1. The Balaban J connectivity index is 2.10. The highest BCUT2D eigenvalue weighted by atomic mass is 35.5. The second-order valence-electron chi connectivity index (χ2n) is 5.03. The van der Waals surface area contributed by atoms with Crippen LogP contribution in [-0.4, -0.2) is 14.6 Å². The first-order valence-corrected chi connectivity index (χ1v) is 7.61. The summed E-state index contributed by atoms with van der Waals surface area (Å²) in [6.45, 7) is 4.07. The lowest BCUT2D eigenvalue weighted by molar-refractivity contribution is 0.902. The summed E-state index contributed by atoms with van der Waals surface area (Å²) < 4.78 is 1.72. The minimum absolute atomic E-state index is 0.622. The molecule has 5 heteroatoms. The molecule has 108 valence electrons. The van der Waals surface area contributed by atoms with Crippen molar-refractivity contribution in [2.45, 2.75) is 26.7 Å². The largest absolute Gasteiger partial charge is 0.233 e. The standard InChI is InChI=1S/C16H15Cl2N3/c1-3-12-9-19-21-15(18)14(10(2)20-16(12)21)8-11-5-4-6-13(17)7-11/h4-7,9H,3,8H2,1-2H3. The minimum atomic E-state index is 0.622. The van der Waals surface area contributed by atoms with Crippen LogP contribution in [0.5, 0.6) is 0 Å². The predicted molar refractivity (Wildman–Crippen MR) is 86.4 cm³/mol. The van der Waals surface area contributed by atoms with Crippen molar-refractivity contribution >= 4 is 28.8 Å². The normalized spacial score (nSPS) is 11.2. The molecule has 1 aromatic carbocycles. The summed E-state index contributed by atoms with van der Waals surface area (Å²) in [5.74, 6) is 0. The zero-order valence-electron chi connectivity index (χ0n) is 11.9. The maximum atomic E-state index is 6.53. The Bertz CT molecular complexity index is 809. The van der Waals surface area contributed by atoms with Gasteiger partial charge in [0, 0.05) is 28.3 Å². The van der Waals surface area contributed by atoms with Crippen LogP contribution < -0.4 is 0 Å². The molecule has 0 fully saturated rings. The summed E-state index contributed by atoms with van der Waals surface area (Å²) >= 11 is 12.6. The number of rotatable bonds is 3. The van der Waals surface area contributed by atoms with Gasteiger partial charge in [0.15, 0.2) is 5.65 Å². The van der Waals surface area contributed by atoms with Crippen LogP contribution in [0, 0.1) is 6.92 Å². The zero-order chi connectivity index (χ0) is 15.0. The molecule has 3 aromatic rings. The van der Waals surface area contributed by atoms with Gasteiger partial charge in [-0.2, -0.15) is 5.10 Å². The molecule has 0 bridgehead atoms. The van der Waals surface area contributed by atoms with Crippen LogP contribution in [0.25, 0.3) is 5.65 Å². The highest BCUT2D eigenvalue weighted by Gasteiger charge is 2.14. The first kappa shape index (κ1) is 14.4. The summed E-state index contributed by atoms with van der Waals surface area (Å²) in [6.07, 6.45) is 3.41. The van der Waals surface area contributed by atoms with Crippen LogP contribution in [0.3, 0.4) is 0 Å². The van der Waals surface area contributed by atoms with E-state index < -0.39 is 0 Å². The van der Waals surface area contributed by atoms with Crippen molar-refractivity contribution in [1.29, 1.82) is 0 Å². The van der Waals surface area contributed by atoms with E-state index >= 15 is 0 Å². The number of halogens is 2. The van der Waals surface area contributed by atoms with E-state index in [1.165, 1.54) is 0 Å². The maximum Gasteiger partial charge on any atom is 0.160 e. The fourth-order valence-electron chi connectivity index (χ4n) is 2.44. The van der Waals surface area contributed by atoms with Crippen molar-refractivity contribution in [3.8, 4) is 0 Å². The molecule has 0 atom stereocenters. The monoisotopic (exact) mass is 319 g/mol. The predicted octanol–water partition coefficient (Wildman–Crippen LogP) is 4.50. The molecule has 0 unspecified atom stereocenters. The average Bonchev–Trinajstić information content (AvgIpc) is 2.86. The second kappa shape index (κ2) is 5.66. The van der Waals surface area contributed by atoms with Gasteiger partial charge in [-0.05, 0) is 31.0 Å². The average molecular weight is 320 g/mol. The first-order chi connectivity index (χ1) is 10.1. The highest BCUT2D eigenvalue weighted by molar-refractivity contribution is 6.31. The van der Waals surface area contributed by atoms with E-state index in [2.05, 4.69) is 17.0 Å². The van der Waals surface area contributed by atoms with Gasteiger partial charge in [-0.25, -0.2) is 9.50 Å². The molecule has 0 aliphatic heterocycles. The zero-order valence-corrected chi connectivity index (χ0v) is 13.4. The highest BCUT2D eigenvalue weighted by Crippen LogP contribution is 2.25. The van der Waals surface area contributed by atoms with Gasteiger partial charge >= 0.3 is 0 Å². The van der Waals surface area contributed by atoms with Gasteiger partial charge in [0.05, 0.1) is 6.20 Å². The number of aromatic nitrogens is 3. The van der Waals surface area contributed by atoms with Crippen LogP contribution >= 0.6 is 23.2 Å². The first-order valence-electron chi connectivity index (χ1n) is 6.86. The summed E-state index contributed by atoms with van der Waals surface area (Å²) in [5, 5.41) is 5.69. The molecule has 3 rings (SSSR count). The topological polar surface area (TPSA) is 30.2 Å². The summed E-state index contributed by atoms with van der Waals surface area (Å²) in [5.41, 5.74) is 4.97. The van der Waals surface area contributed by atoms with E-state index in [0.717, 1.165) is 39.5 Å². The second-order valence-corrected chi connectivity index (χ2v) is 5.83. The summed E-state index contributed by atoms with van der Waals surface area (Å²) in [7, 11) is 0. The molecule has 0 saturated heterocycles. The third-order valence-corrected chi connectivity index (χ3v) is 4.24. The minimum Gasteiger partial charge on any atom is -0.233 e. The third kappa shape index (κ3) is 2.63. The molecule has 0 radical (unpaired) electrons. The van der Waals surface area contributed by atoms with E-state index in [0.29, 0.717) is 11.6 Å². The van der Waals surface area contributed by atoms with Crippen molar-refractivity contribution in [3.63, 3.8) is 0 Å². The fourth-order valence-corrected chi connectivity index (χ4v) is 2.98. The van der Waals surface area contributed by atoms with E-state index in [9.17, 15) is 0 Å². The number of hydrogen-bond donors (Lipinski definition) is 0. The number of aryl methyl sites for hydroxylation is 2. The van der Waals surface area contributed by atoms with E-state index in [4.69, 9.17) is 23.2 Å². The molecule has 0 N–H and O–H groups in total. The Hall–Kier alpha value is -1.58. The van der Waals surface area contributed by atoms with Crippen LogP contribution in [0.1, 0.15) is 29.3 Å². The summed E-state index contributed by atoms with van der Waals surface area (Å²) in [6, 6.07) is 7.78. The molecular weight excluding hydrogens is 305 g/mol. The quantitative estimate of drug-likeness (QED) is 0.665. The van der Waals surface area contributed by atoms with Gasteiger partial charge in [-0.1, -0.05) is 42.3 Å². The number of nitrogens with zero attached hydrogens (tertiary/aromatic N) is 3. The molecule has 2 heterocycles. The number of hydrogen-bond acceptors (Lipinski definition) is 2. The Morgan fingerprint density at radius 1 is 1.24 bits per heavy atom. The van der Waals surface area contributed by atoms with Gasteiger partial charge in [-0.3, -0.25) is 0 Å². The van der Waals surface area contributed by atoms with Crippen LogP contribution in [0.4, 0.5) is 0 Å². The Morgan fingerprint density at radius 3 is 2.76 bits per heavy atom. The molecule has 0 spiro atoms. The molecule has 0 saturated carbocycles. The molecule has 2 aromatic heterocycles. The smallest absolute Gasteiger partial charge is 0.160 e. The molecular formula is C16H15Cl2N3. The van der Waals surface area contributed by atoms with Gasteiger partial charge in [0.25, 0.3) is 0 Å². The third-order valence-electron chi connectivity index (χ3n) is 3.61. The molecule has 0 aliphatic carbocycles. The lowest BCUT2D eigenvalue weighted by Gasteiger charge is -2.10. The van der Waals surface area contributed by atoms with Crippen molar-refractivity contribution in [2.75, 3.05) is 0 Å². The lowest BCUT2D eigenvalue weighted by atomic mass is 10.1. The van der Waals surface area contributed by atoms with Crippen molar-refractivity contribution in [2.24, 2.45) is 0 Å². The molecule has 0 aliphatic rings. The van der Waals surface area contributed by atoms with Crippen molar-refractivity contribution < 1.29 is 0 Å². The van der Waals surface area contributed by atoms with Gasteiger partial charge in [0.1, 0.15) is 5.15 Å². The van der Waals surface area contributed by atoms with Gasteiger partial charge < -0.3 is 0 Å². The molecule has 21 heavy (non-hydrogen) atoms. The molecule has 0 amide bonds. The van der Waals surface area contributed by atoms with Crippen molar-refractivity contribution in [3.05, 3.63) is 63.0 Å². The van der Waals surface area contributed by atoms with E-state index in [1.54, 1.807) is 4.52 Å². The van der Waals surface area contributed by atoms with Gasteiger partial charge in [-0.15, -0.1) is 0 Å². The van der Waals surface area contributed by atoms with Gasteiger partial charge in [0.2, 0.25) is 0 Å². The Labute approximate surface area is 133 Å². The van der Waals surface area contributed by atoms with Crippen LogP contribution in [0.15, 0.2) is 30.5 Å². The lowest BCUT2D eigenvalue weighted by Crippen LogP contribution is -2.04.